The number of carbonyl (C=O) groups is 1. The molecule has 140 valence electrons. The first-order valence-electron chi connectivity index (χ1n) is 9.52. The van der Waals surface area contributed by atoms with Crippen LogP contribution < -0.4 is 5.32 Å². The Hall–Kier alpha value is -0.740. The lowest BCUT2D eigenvalue weighted by atomic mass is 9.74. The van der Waals surface area contributed by atoms with Crippen molar-refractivity contribution in [2.75, 3.05) is 12.3 Å². The Morgan fingerprint density at radius 2 is 2.24 bits per heavy atom. The molecule has 1 N–H and O–H groups in total. The molecule has 0 bridgehead atoms. The van der Waals surface area contributed by atoms with Gasteiger partial charge < -0.3 is 5.32 Å². The number of hydrogen-bond donors (Lipinski definition) is 1. The summed E-state index contributed by atoms with van der Waals surface area (Å²) in [5.74, 6) is 1.69. The normalized spacial score (nSPS) is 30.7. The Labute approximate surface area is 162 Å². The van der Waals surface area contributed by atoms with Crippen LogP contribution in [0.5, 0.6) is 0 Å². The van der Waals surface area contributed by atoms with Gasteiger partial charge in [-0.1, -0.05) is 50.8 Å². The van der Waals surface area contributed by atoms with E-state index in [2.05, 4.69) is 43.5 Å². The summed E-state index contributed by atoms with van der Waals surface area (Å²) in [6.45, 7) is 5.24. The van der Waals surface area contributed by atoms with Crippen molar-refractivity contribution in [2.45, 2.75) is 63.2 Å². The summed E-state index contributed by atoms with van der Waals surface area (Å²) in [6, 6.07) is 0.287. The van der Waals surface area contributed by atoms with Gasteiger partial charge in [-0.2, -0.15) is 0 Å². The highest BCUT2D eigenvalue weighted by Crippen LogP contribution is 2.52. The zero-order valence-electron chi connectivity index (χ0n) is 15.4. The maximum atomic E-state index is 12.9. The average Bonchev–Trinajstić information content (AvgIpc) is 2.96. The second-order valence-electron chi connectivity index (χ2n) is 7.35. The Balaban J connectivity index is 0.00000225. The number of unbranched alkanes of at least 4 members (excludes halogenated alkanes) is 3. The third kappa shape index (κ3) is 4.33. The fourth-order valence-electron chi connectivity index (χ4n) is 4.22. The van der Waals surface area contributed by atoms with Crippen LogP contribution in [0.2, 0.25) is 0 Å². The summed E-state index contributed by atoms with van der Waals surface area (Å²) >= 11 is 1.92. The summed E-state index contributed by atoms with van der Waals surface area (Å²) < 4.78 is -0.0423. The zero-order valence-corrected chi connectivity index (χ0v) is 17.0. The molecule has 2 aliphatic heterocycles. The number of thioether (sulfide) groups is 1. The van der Waals surface area contributed by atoms with Crippen molar-refractivity contribution >= 4 is 35.8 Å². The number of nitrogens with zero attached hydrogens (tertiary/aromatic N) is 1. The van der Waals surface area contributed by atoms with Gasteiger partial charge in [-0.05, 0) is 31.8 Å². The minimum absolute atomic E-state index is 0. The number of allylic oxidation sites excluding steroid dienone is 3. The lowest BCUT2D eigenvalue weighted by molar-refractivity contribution is -0.126. The molecule has 1 spiro atoms. The van der Waals surface area contributed by atoms with E-state index in [4.69, 9.17) is 4.99 Å². The van der Waals surface area contributed by atoms with E-state index in [1.54, 1.807) is 0 Å². The number of carbonyl (C=O) groups excluding carboxylic acids is 1. The van der Waals surface area contributed by atoms with Gasteiger partial charge in [0.2, 0.25) is 5.91 Å². The smallest absolute Gasteiger partial charge is 0.224 e. The van der Waals surface area contributed by atoms with Crippen molar-refractivity contribution in [3.8, 4) is 0 Å². The van der Waals surface area contributed by atoms with Crippen LogP contribution in [0.15, 0.2) is 29.3 Å². The number of rotatable bonds is 7. The van der Waals surface area contributed by atoms with E-state index in [-0.39, 0.29) is 35.0 Å². The van der Waals surface area contributed by atoms with E-state index >= 15 is 0 Å². The molecule has 4 atom stereocenters. The molecule has 0 saturated carbocycles. The summed E-state index contributed by atoms with van der Waals surface area (Å²) in [4.78, 5) is 17.6. The van der Waals surface area contributed by atoms with Gasteiger partial charge in [0, 0.05) is 18.3 Å². The van der Waals surface area contributed by atoms with E-state index in [9.17, 15) is 4.79 Å². The lowest BCUT2D eigenvalue weighted by Gasteiger charge is -2.38. The summed E-state index contributed by atoms with van der Waals surface area (Å²) in [6.07, 6.45) is 15.8. The highest BCUT2D eigenvalue weighted by molar-refractivity contribution is 8.02. The molecule has 3 rings (SSSR count). The van der Waals surface area contributed by atoms with E-state index in [1.165, 1.54) is 31.4 Å². The van der Waals surface area contributed by atoms with Crippen molar-refractivity contribution in [2.24, 2.45) is 16.8 Å². The molecule has 5 heteroatoms. The number of aliphatic imine (C=N–C) groups is 1. The monoisotopic (exact) mass is 382 g/mol. The minimum atomic E-state index is -0.0423. The standard InChI is InChI=1S/C20H30N2OS.ClH/c1-3-4-5-6-9-15(2)22-19(23)16-14-24-20-12-8-7-10-18(20)21-13-11-17(16)20;/h7-8,10,12,15-17H,3-6,9,11,13-14H2,1-2H3,(H,22,23);1H. The number of halogens is 1. The van der Waals surface area contributed by atoms with Crippen LogP contribution in [-0.4, -0.2) is 34.7 Å². The topological polar surface area (TPSA) is 41.5 Å². The quantitative estimate of drug-likeness (QED) is 0.655. The SMILES string of the molecule is CCCCCCC(C)NC(=O)C1CSC23C=CC=CC2=NCCC13.Cl. The average molecular weight is 383 g/mol. The van der Waals surface area contributed by atoms with Crippen molar-refractivity contribution in [1.29, 1.82) is 0 Å². The van der Waals surface area contributed by atoms with Crippen molar-refractivity contribution in [3.63, 3.8) is 0 Å². The molecule has 1 amide bonds. The Bertz CT molecular complexity index is 560. The minimum Gasteiger partial charge on any atom is -0.353 e. The summed E-state index contributed by atoms with van der Waals surface area (Å²) in [5.41, 5.74) is 1.18. The Morgan fingerprint density at radius 1 is 1.40 bits per heavy atom. The second kappa shape index (κ2) is 9.27. The van der Waals surface area contributed by atoms with Crippen LogP contribution in [0.3, 0.4) is 0 Å². The van der Waals surface area contributed by atoms with Gasteiger partial charge in [0.25, 0.3) is 0 Å². The first-order valence-corrected chi connectivity index (χ1v) is 10.5. The summed E-state index contributed by atoms with van der Waals surface area (Å²) in [7, 11) is 0. The molecule has 0 aromatic carbocycles. The fourth-order valence-corrected chi connectivity index (χ4v) is 6.01. The van der Waals surface area contributed by atoms with Crippen LogP contribution in [0, 0.1) is 11.8 Å². The predicted molar refractivity (Wildman–Crippen MR) is 111 cm³/mol. The van der Waals surface area contributed by atoms with Gasteiger partial charge in [0.1, 0.15) is 0 Å². The Kier molecular flexibility index (Phi) is 7.63. The van der Waals surface area contributed by atoms with Crippen LogP contribution in [0.4, 0.5) is 0 Å². The highest BCUT2D eigenvalue weighted by Gasteiger charge is 2.54. The second-order valence-corrected chi connectivity index (χ2v) is 8.65. The number of hydrogen-bond acceptors (Lipinski definition) is 3. The predicted octanol–water partition coefficient (Wildman–Crippen LogP) is 4.57. The van der Waals surface area contributed by atoms with Gasteiger partial charge in [0.05, 0.1) is 16.4 Å². The molecule has 0 aromatic rings. The molecule has 25 heavy (non-hydrogen) atoms. The first-order chi connectivity index (χ1) is 11.7. The molecule has 3 aliphatic rings. The van der Waals surface area contributed by atoms with Crippen molar-refractivity contribution in [1.82, 2.24) is 5.32 Å². The van der Waals surface area contributed by atoms with Gasteiger partial charge in [-0.15, -0.1) is 24.2 Å². The number of nitrogens with one attached hydrogen (secondary N) is 1. The maximum Gasteiger partial charge on any atom is 0.224 e. The lowest BCUT2D eigenvalue weighted by Crippen LogP contribution is -2.47. The van der Waals surface area contributed by atoms with E-state index in [0.717, 1.165) is 25.1 Å². The molecule has 2 heterocycles. The van der Waals surface area contributed by atoms with Gasteiger partial charge in [-0.3, -0.25) is 9.79 Å². The molecule has 1 saturated heterocycles. The van der Waals surface area contributed by atoms with Gasteiger partial charge in [-0.25, -0.2) is 0 Å². The van der Waals surface area contributed by atoms with E-state index < -0.39 is 0 Å². The Morgan fingerprint density at radius 3 is 3.04 bits per heavy atom. The third-order valence-electron chi connectivity index (χ3n) is 5.59. The molecule has 1 fully saturated rings. The van der Waals surface area contributed by atoms with Gasteiger partial charge >= 0.3 is 0 Å². The fraction of sp³-hybridized carbons (Fsp3) is 0.700. The largest absolute Gasteiger partial charge is 0.353 e. The highest BCUT2D eigenvalue weighted by atomic mass is 35.5. The number of amides is 1. The first kappa shape index (κ1) is 20.6. The summed E-state index contributed by atoms with van der Waals surface area (Å²) in [5, 5.41) is 3.29. The molecule has 0 radical (unpaired) electrons. The molecule has 4 unspecified atom stereocenters. The molecular weight excluding hydrogens is 352 g/mol. The van der Waals surface area contributed by atoms with E-state index in [0.29, 0.717) is 5.92 Å². The molecular formula is C20H31ClN2OS. The van der Waals surface area contributed by atoms with Crippen LogP contribution >= 0.6 is 24.2 Å². The van der Waals surface area contributed by atoms with E-state index in [1.807, 2.05) is 11.8 Å². The molecule has 3 nitrogen and oxygen atoms in total. The van der Waals surface area contributed by atoms with Crippen LogP contribution in [0.1, 0.15) is 52.4 Å². The van der Waals surface area contributed by atoms with Crippen LogP contribution in [0.25, 0.3) is 0 Å². The van der Waals surface area contributed by atoms with Crippen molar-refractivity contribution in [3.05, 3.63) is 24.3 Å². The van der Waals surface area contributed by atoms with Gasteiger partial charge in [0.15, 0.2) is 0 Å². The molecule has 1 aliphatic carbocycles. The van der Waals surface area contributed by atoms with Crippen molar-refractivity contribution < 1.29 is 4.79 Å². The van der Waals surface area contributed by atoms with Crippen LogP contribution in [-0.2, 0) is 4.79 Å². The molecule has 0 aromatic heterocycles. The third-order valence-corrected chi connectivity index (χ3v) is 7.24. The maximum absolute atomic E-state index is 12.9. The zero-order chi connectivity index (χ0) is 17.0.